The third-order valence-corrected chi connectivity index (χ3v) is 6.35. The first-order valence-corrected chi connectivity index (χ1v) is 11.0. The van der Waals surface area contributed by atoms with Crippen LogP contribution in [0, 0.1) is 13.8 Å². The predicted octanol–water partition coefficient (Wildman–Crippen LogP) is 4.08. The quantitative estimate of drug-likeness (QED) is 0.602. The summed E-state index contributed by atoms with van der Waals surface area (Å²) < 4.78 is 11.1. The highest BCUT2D eigenvalue weighted by Crippen LogP contribution is 2.44. The van der Waals surface area contributed by atoms with Crippen molar-refractivity contribution in [3.05, 3.63) is 88.5 Å². The van der Waals surface area contributed by atoms with Crippen molar-refractivity contribution >= 4 is 17.4 Å². The Morgan fingerprint density at radius 2 is 1.76 bits per heavy atom. The molecule has 2 heterocycles. The molecular weight excluding hydrogens is 418 g/mol. The molecule has 3 aromatic rings. The Balaban J connectivity index is 1.46. The average molecular weight is 443 g/mol. The Bertz CT molecular complexity index is 1270. The van der Waals surface area contributed by atoms with Gasteiger partial charge in [-0.05, 0) is 49.2 Å². The second kappa shape index (κ2) is 8.05. The molecule has 168 valence electrons. The number of fused-ring (bicyclic) bond motifs is 2. The van der Waals surface area contributed by atoms with Crippen molar-refractivity contribution in [1.29, 1.82) is 0 Å². The molecule has 5 rings (SSSR count). The van der Waals surface area contributed by atoms with Gasteiger partial charge in [0.1, 0.15) is 13.2 Å². The number of carbonyl (C=O) groups excluding carboxylic acids is 2. The molecule has 0 radical (unpaired) electrons. The van der Waals surface area contributed by atoms with E-state index in [1.54, 1.807) is 35.2 Å². The van der Waals surface area contributed by atoms with E-state index in [4.69, 9.17) is 9.47 Å². The maximum atomic E-state index is 13.6. The number of aryl methyl sites for hydroxylation is 2. The Labute approximate surface area is 192 Å². The minimum Gasteiger partial charge on any atom is -0.486 e. The Hall–Kier alpha value is -3.64. The van der Waals surface area contributed by atoms with Gasteiger partial charge in [0.25, 0.3) is 5.91 Å². The van der Waals surface area contributed by atoms with Gasteiger partial charge in [-0.3, -0.25) is 9.59 Å². The van der Waals surface area contributed by atoms with Crippen LogP contribution in [0.25, 0.3) is 0 Å². The zero-order valence-corrected chi connectivity index (χ0v) is 18.6. The number of hydrogen-bond donors (Lipinski definition) is 1. The number of anilines is 1. The van der Waals surface area contributed by atoms with E-state index in [1.165, 1.54) is 0 Å². The molecule has 1 N–H and O–H groups in total. The number of rotatable bonds is 5. The lowest BCUT2D eigenvalue weighted by Crippen LogP contribution is -2.41. The zero-order chi connectivity index (χ0) is 23.2. The predicted molar refractivity (Wildman–Crippen MR) is 124 cm³/mol. The van der Waals surface area contributed by atoms with Gasteiger partial charge in [-0.2, -0.15) is 0 Å². The standard InChI is InChI=1S/C27H25NO5/c1-17-7-8-18(2)20(13-17)16-28-22-6-4-3-5-21(22)27(31,26(28)30)15-23(29)19-9-10-24-25(14-19)33-12-11-32-24/h3-10,13-14,31H,11-12,15-16H2,1-2H3. The second-order valence-electron chi connectivity index (χ2n) is 8.66. The molecule has 0 aliphatic carbocycles. The highest BCUT2D eigenvalue weighted by molar-refractivity contribution is 6.10. The maximum absolute atomic E-state index is 13.6. The summed E-state index contributed by atoms with van der Waals surface area (Å²) in [7, 11) is 0. The number of hydrogen-bond acceptors (Lipinski definition) is 5. The van der Waals surface area contributed by atoms with Gasteiger partial charge >= 0.3 is 0 Å². The number of amides is 1. The minimum atomic E-state index is -1.93. The van der Waals surface area contributed by atoms with Gasteiger partial charge in [0, 0.05) is 11.1 Å². The third-order valence-electron chi connectivity index (χ3n) is 6.35. The number of ketones is 1. The van der Waals surface area contributed by atoms with E-state index in [2.05, 4.69) is 0 Å². The Kier molecular flexibility index (Phi) is 5.17. The zero-order valence-electron chi connectivity index (χ0n) is 18.6. The van der Waals surface area contributed by atoms with Gasteiger partial charge in [0.15, 0.2) is 22.9 Å². The first kappa shape index (κ1) is 21.2. The molecule has 33 heavy (non-hydrogen) atoms. The highest BCUT2D eigenvalue weighted by Gasteiger charge is 2.50. The summed E-state index contributed by atoms with van der Waals surface area (Å²) in [6.45, 7) is 5.20. The van der Waals surface area contributed by atoms with Crippen LogP contribution in [0.4, 0.5) is 5.69 Å². The lowest BCUT2D eigenvalue weighted by Gasteiger charge is -2.24. The molecular formula is C27H25NO5. The van der Waals surface area contributed by atoms with Crippen molar-refractivity contribution in [2.75, 3.05) is 18.1 Å². The first-order chi connectivity index (χ1) is 15.9. The van der Waals surface area contributed by atoms with E-state index < -0.39 is 11.5 Å². The van der Waals surface area contributed by atoms with E-state index in [1.807, 2.05) is 44.2 Å². The van der Waals surface area contributed by atoms with Crippen LogP contribution < -0.4 is 14.4 Å². The number of aliphatic hydroxyl groups is 1. The smallest absolute Gasteiger partial charge is 0.264 e. The summed E-state index contributed by atoms with van der Waals surface area (Å²) in [4.78, 5) is 28.3. The van der Waals surface area contributed by atoms with Gasteiger partial charge < -0.3 is 19.5 Å². The van der Waals surface area contributed by atoms with Crippen molar-refractivity contribution in [3.63, 3.8) is 0 Å². The van der Waals surface area contributed by atoms with Crippen LogP contribution in [0.1, 0.15) is 39.0 Å². The molecule has 0 saturated heterocycles. The molecule has 1 amide bonds. The molecule has 0 fully saturated rings. The fourth-order valence-electron chi connectivity index (χ4n) is 4.53. The number of nitrogens with zero attached hydrogens (tertiary/aromatic N) is 1. The summed E-state index contributed by atoms with van der Waals surface area (Å²) in [6.07, 6.45) is -0.355. The fraction of sp³-hybridized carbons (Fsp3) is 0.259. The number of ether oxygens (including phenoxy) is 2. The van der Waals surface area contributed by atoms with Crippen LogP contribution in [0.2, 0.25) is 0 Å². The Morgan fingerprint density at radius 1 is 1.00 bits per heavy atom. The van der Waals surface area contributed by atoms with Crippen molar-refractivity contribution in [2.45, 2.75) is 32.4 Å². The highest BCUT2D eigenvalue weighted by atomic mass is 16.6. The molecule has 3 aromatic carbocycles. The van der Waals surface area contributed by atoms with E-state index in [9.17, 15) is 14.7 Å². The fourth-order valence-corrected chi connectivity index (χ4v) is 4.53. The normalized spacial score (nSPS) is 18.9. The van der Waals surface area contributed by atoms with Crippen LogP contribution in [0.15, 0.2) is 60.7 Å². The summed E-state index contributed by atoms with van der Waals surface area (Å²) in [5.74, 6) is 0.244. The third kappa shape index (κ3) is 3.66. The largest absolute Gasteiger partial charge is 0.486 e. The molecule has 0 spiro atoms. The van der Waals surface area contributed by atoms with Crippen molar-refractivity contribution in [2.24, 2.45) is 0 Å². The molecule has 6 heteroatoms. The summed E-state index contributed by atoms with van der Waals surface area (Å²) in [5.41, 5.74) is 2.67. The molecule has 1 atom stereocenters. The summed E-state index contributed by atoms with van der Waals surface area (Å²) in [5, 5.41) is 11.6. The first-order valence-electron chi connectivity index (χ1n) is 11.0. The topological polar surface area (TPSA) is 76.1 Å². The monoisotopic (exact) mass is 443 g/mol. The summed E-state index contributed by atoms with van der Waals surface area (Å²) in [6, 6.07) is 18.2. The van der Waals surface area contributed by atoms with Crippen LogP contribution in [-0.2, 0) is 16.9 Å². The van der Waals surface area contributed by atoms with E-state index in [-0.39, 0.29) is 12.2 Å². The maximum Gasteiger partial charge on any atom is 0.264 e. The second-order valence-corrected chi connectivity index (χ2v) is 8.66. The van der Waals surface area contributed by atoms with Crippen molar-refractivity contribution in [1.82, 2.24) is 0 Å². The van der Waals surface area contributed by atoms with Gasteiger partial charge in [0.2, 0.25) is 0 Å². The molecule has 0 saturated carbocycles. The average Bonchev–Trinajstić information content (AvgIpc) is 3.03. The van der Waals surface area contributed by atoms with Gasteiger partial charge in [-0.1, -0.05) is 42.0 Å². The SMILES string of the molecule is Cc1ccc(C)c(CN2C(=O)C(O)(CC(=O)c3ccc4c(c3)OCCO4)c3ccccc32)c1. The summed E-state index contributed by atoms with van der Waals surface area (Å²) >= 11 is 0. The molecule has 2 aliphatic heterocycles. The van der Waals surface area contributed by atoms with Crippen LogP contribution >= 0.6 is 0 Å². The molecule has 2 aliphatic rings. The minimum absolute atomic E-state index is 0.323. The molecule has 1 unspecified atom stereocenters. The molecule has 6 nitrogen and oxygen atoms in total. The van der Waals surface area contributed by atoms with Crippen LogP contribution in [0.5, 0.6) is 11.5 Å². The van der Waals surface area contributed by atoms with Crippen molar-refractivity contribution < 1.29 is 24.2 Å². The van der Waals surface area contributed by atoms with Gasteiger partial charge in [-0.15, -0.1) is 0 Å². The van der Waals surface area contributed by atoms with E-state index >= 15 is 0 Å². The number of para-hydroxylation sites is 1. The lowest BCUT2D eigenvalue weighted by atomic mass is 9.88. The molecule has 0 aromatic heterocycles. The van der Waals surface area contributed by atoms with Crippen molar-refractivity contribution in [3.8, 4) is 11.5 Å². The van der Waals surface area contributed by atoms with Gasteiger partial charge in [0.05, 0.1) is 18.7 Å². The lowest BCUT2D eigenvalue weighted by molar-refractivity contribution is -0.136. The van der Waals surface area contributed by atoms with E-state index in [0.717, 1.165) is 16.7 Å². The van der Waals surface area contributed by atoms with E-state index in [0.29, 0.717) is 48.1 Å². The van der Waals surface area contributed by atoms with Gasteiger partial charge in [-0.25, -0.2) is 0 Å². The van der Waals surface area contributed by atoms with Crippen LogP contribution in [0.3, 0.4) is 0 Å². The van der Waals surface area contributed by atoms with Crippen LogP contribution in [-0.4, -0.2) is 30.0 Å². The number of Topliss-reactive ketones (excluding diaryl/α,β-unsaturated/α-hetero) is 1. The number of benzene rings is 3. The number of carbonyl (C=O) groups is 2. The molecule has 0 bridgehead atoms. The Morgan fingerprint density at radius 3 is 2.58 bits per heavy atom.